The molecule has 0 aromatic heterocycles. The Bertz CT molecular complexity index is 696. The van der Waals surface area contributed by atoms with E-state index in [-0.39, 0.29) is 5.91 Å². The highest BCUT2D eigenvalue weighted by atomic mass is 16.1. The summed E-state index contributed by atoms with van der Waals surface area (Å²) in [5.74, 6) is 5.61. The predicted octanol–water partition coefficient (Wildman–Crippen LogP) is 2.24. The van der Waals surface area contributed by atoms with Gasteiger partial charge in [-0.3, -0.25) is 4.79 Å². The van der Waals surface area contributed by atoms with Crippen LogP contribution in [0.3, 0.4) is 0 Å². The minimum atomic E-state index is -0.102. The Morgan fingerprint density at radius 2 is 2.00 bits per heavy atom. The smallest absolute Gasteiger partial charge is 0.251 e. The molecule has 3 nitrogen and oxygen atoms in total. The van der Waals surface area contributed by atoms with Gasteiger partial charge in [0, 0.05) is 17.7 Å². The molecule has 0 fully saturated rings. The number of nitrogens with two attached hydrogens (primary N) is 1. The minimum absolute atomic E-state index is 0.102. The molecule has 0 spiro atoms. The van der Waals surface area contributed by atoms with E-state index in [1.165, 1.54) is 5.56 Å². The van der Waals surface area contributed by atoms with Crippen molar-refractivity contribution >= 4 is 5.91 Å². The van der Waals surface area contributed by atoms with Crippen molar-refractivity contribution < 1.29 is 4.79 Å². The molecule has 0 unspecified atom stereocenters. The molecular formula is C18H18N2O. The zero-order chi connectivity index (χ0) is 15.1. The molecule has 3 N–H and O–H groups in total. The lowest BCUT2D eigenvalue weighted by Gasteiger charge is -2.08. The van der Waals surface area contributed by atoms with Gasteiger partial charge in [0.2, 0.25) is 0 Å². The Hall–Kier alpha value is -2.57. The molecule has 0 saturated heterocycles. The molecule has 0 aliphatic heterocycles. The van der Waals surface area contributed by atoms with Gasteiger partial charge in [-0.25, -0.2) is 0 Å². The third kappa shape index (κ3) is 4.20. The van der Waals surface area contributed by atoms with E-state index >= 15 is 0 Å². The van der Waals surface area contributed by atoms with Gasteiger partial charge in [0.25, 0.3) is 5.91 Å². The van der Waals surface area contributed by atoms with E-state index < -0.39 is 0 Å². The lowest BCUT2D eigenvalue weighted by atomic mass is 10.1. The topological polar surface area (TPSA) is 55.1 Å². The van der Waals surface area contributed by atoms with Gasteiger partial charge in [-0.05, 0) is 36.2 Å². The van der Waals surface area contributed by atoms with Crippen molar-refractivity contribution in [3.8, 4) is 11.8 Å². The zero-order valence-corrected chi connectivity index (χ0v) is 12.0. The highest BCUT2D eigenvalue weighted by Crippen LogP contribution is 2.08. The van der Waals surface area contributed by atoms with Crippen LogP contribution in [0.5, 0.6) is 0 Å². The summed E-state index contributed by atoms with van der Waals surface area (Å²) in [5.41, 5.74) is 9.03. The fourth-order valence-corrected chi connectivity index (χ4v) is 1.98. The first kappa shape index (κ1) is 14.8. The molecule has 0 aliphatic carbocycles. The second kappa shape index (κ2) is 7.28. The van der Waals surface area contributed by atoms with Crippen LogP contribution in [0.2, 0.25) is 0 Å². The molecule has 0 bridgehead atoms. The molecule has 2 aromatic rings. The van der Waals surface area contributed by atoms with Gasteiger partial charge in [0.1, 0.15) is 0 Å². The van der Waals surface area contributed by atoms with Gasteiger partial charge < -0.3 is 11.1 Å². The molecule has 2 aromatic carbocycles. The number of carbonyl (C=O) groups excluding carboxylic acids is 1. The fourth-order valence-electron chi connectivity index (χ4n) is 1.98. The van der Waals surface area contributed by atoms with Gasteiger partial charge in [0.15, 0.2) is 0 Å². The van der Waals surface area contributed by atoms with E-state index in [9.17, 15) is 4.79 Å². The molecular weight excluding hydrogens is 260 g/mol. The lowest BCUT2D eigenvalue weighted by molar-refractivity contribution is 0.0951. The maximum Gasteiger partial charge on any atom is 0.251 e. The summed E-state index contributed by atoms with van der Waals surface area (Å²) in [5, 5.41) is 2.93. The van der Waals surface area contributed by atoms with Crippen molar-refractivity contribution in [2.75, 3.05) is 6.54 Å². The Labute approximate surface area is 125 Å². The maximum atomic E-state index is 12.2. The SMILES string of the molecule is Cc1ccccc1CNC(=O)c1cccc(C#CCN)c1. The third-order valence-electron chi connectivity index (χ3n) is 3.16. The molecule has 0 saturated carbocycles. The molecule has 106 valence electrons. The summed E-state index contributed by atoms with van der Waals surface area (Å²) < 4.78 is 0. The van der Waals surface area contributed by atoms with Crippen molar-refractivity contribution in [2.24, 2.45) is 5.73 Å². The molecule has 0 heterocycles. The monoisotopic (exact) mass is 278 g/mol. The average Bonchev–Trinajstić information content (AvgIpc) is 2.52. The van der Waals surface area contributed by atoms with Crippen LogP contribution >= 0.6 is 0 Å². The molecule has 0 aliphatic rings. The van der Waals surface area contributed by atoms with Gasteiger partial charge in [-0.1, -0.05) is 42.2 Å². The van der Waals surface area contributed by atoms with E-state index in [1.54, 1.807) is 12.1 Å². The Kier molecular flexibility index (Phi) is 5.14. The van der Waals surface area contributed by atoms with E-state index in [0.29, 0.717) is 18.7 Å². The van der Waals surface area contributed by atoms with E-state index in [1.807, 2.05) is 43.3 Å². The quantitative estimate of drug-likeness (QED) is 0.846. The van der Waals surface area contributed by atoms with Crippen molar-refractivity contribution in [1.29, 1.82) is 0 Å². The number of hydrogen-bond donors (Lipinski definition) is 2. The van der Waals surface area contributed by atoms with Crippen molar-refractivity contribution in [2.45, 2.75) is 13.5 Å². The first-order valence-electron chi connectivity index (χ1n) is 6.82. The molecule has 21 heavy (non-hydrogen) atoms. The molecule has 2 rings (SSSR count). The highest BCUT2D eigenvalue weighted by molar-refractivity contribution is 5.94. The lowest BCUT2D eigenvalue weighted by Crippen LogP contribution is -2.23. The number of hydrogen-bond acceptors (Lipinski definition) is 2. The van der Waals surface area contributed by atoms with Gasteiger partial charge in [-0.2, -0.15) is 0 Å². The van der Waals surface area contributed by atoms with Crippen molar-refractivity contribution in [3.63, 3.8) is 0 Å². The van der Waals surface area contributed by atoms with Gasteiger partial charge >= 0.3 is 0 Å². The first-order chi connectivity index (χ1) is 10.2. The van der Waals surface area contributed by atoms with Crippen LogP contribution in [0, 0.1) is 18.8 Å². The third-order valence-corrected chi connectivity index (χ3v) is 3.16. The summed E-state index contributed by atoms with van der Waals surface area (Å²) in [4.78, 5) is 12.2. The predicted molar refractivity (Wildman–Crippen MR) is 84.7 cm³/mol. The second-order valence-electron chi connectivity index (χ2n) is 4.70. The zero-order valence-electron chi connectivity index (χ0n) is 12.0. The van der Waals surface area contributed by atoms with E-state index in [0.717, 1.165) is 11.1 Å². The Balaban J connectivity index is 2.05. The fraction of sp³-hybridized carbons (Fsp3) is 0.167. The Morgan fingerprint density at radius 3 is 2.76 bits per heavy atom. The van der Waals surface area contributed by atoms with Crippen molar-refractivity contribution in [3.05, 3.63) is 70.8 Å². The molecule has 1 amide bonds. The Morgan fingerprint density at radius 1 is 1.19 bits per heavy atom. The summed E-state index contributed by atoms with van der Waals surface area (Å²) in [6.07, 6.45) is 0. The van der Waals surface area contributed by atoms with Crippen LogP contribution in [0.15, 0.2) is 48.5 Å². The van der Waals surface area contributed by atoms with Crippen LogP contribution in [-0.4, -0.2) is 12.5 Å². The number of amides is 1. The largest absolute Gasteiger partial charge is 0.348 e. The number of nitrogens with one attached hydrogen (secondary N) is 1. The summed E-state index contributed by atoms with van der Waals surface area (Å²) in [6.45, 7) is 2.86. The van der Waals surface area contributed by atoms with Crippen LogP contribution in [-0.2, 0) is 6.54 Å². The van der Waals surface area contributed by atoms with Gasteiger partial charge in [-0.15, -0.1) is 0 Å². The van der Waals surface area contributed by atoms with Crippen molar-refractivity contribution in [1.82, 2.24) is 5.32 Å². The summed E-state index contributed by atoms with van der Waals surface area (Å²) in [7, 11) is 0. The number of rotatable bonds is 3. The number of benzene rings is 2. The number of aryl methyl sites for hydroxylation is 1. The molecule has 3 heteroatoms. The van der Waals surface area contributed by atoms with Gasteiger partial charge in [0.05, 0.1) is 6.54 Å². The standard InChI is InChI=1S/C18H18N2O/c1-14-6-2-3-9-17(14)13-20-18(21)16-10-4-7-15(12-16)8-5-11-19/h2-4,6-7,9-10,12H,11,13,19H2,1H3,(H,20,21). The second-order valence-corrected chi connectivity index (χ2v) is 4.70. The van der Waals surface area contributed by atoms with Crippen LogP contribution < -0.4 is 11.1 Å². The van der Waals surface area contributed by atoms with Crippen LogP contribution in [0.1, 0.15) is 27.0 Å². The molecule has 0 radical (unpaired) electrons. The van der Waals surface area contributed by atoms with Crippen LogP contribution in [0.25, 0.3) is 0 Å². The molecule has 0 atom stereocenters. The van der Waals surface area contributed by atoms with E-state index in [2.05, 4.69) is 17.2 Å². The van der Waals surface area contributed by atoms with Crippen LogP contribution in [0.4, 0.5) is 0 Å². The number of carbonyl (C=O) groups is 1. The normalized spacial score (nSPS) is 9.62. The highest BCUT2D eigenvalue weighted by Gasteiger charge is 2.06. The maximum absolute atomic E-state index is 12.2. The average molecular weight is 278 g/mol. The summed E-state index contributed by atoms with van der Waals surface area (Å²) in [6, 6.07) is 15.2. The minimum Gasteiger partial charge on any atom is -0.348 e. The first-order valence-corrected chi connectivity index (χ1v) is 6.82. The van der Waals surface area contributed by atoms with E-state index in [4.69, 9.17) is 5.73 Å². The summed E-state index contributed by atoms with van der Waals surface area (Å²) >= 11 is 0.